The van der Waals surface area contributed by atoms with Crippen LogP contribution < -0.4 is 0 Å². The number of ether oxygens (including phenoxy) is 4. The minimum Gasteiger partial charge on any atom is -0.481 e. The molecule has 0 aromatic rings. The van der Waals surface area contributed by atoms with E-state index in [9.17, 15) is 9.59 Å². The molecule has 0 bridgehead atoms. The van der Waals surface area contributed by atoms with Gasteiger partial charge >= 0.3 is 11.9 Å². The number of carboxylic acids is 1. The zero-order valence-corrected chi connectivity index (χ0v) is 19.2. The van der Waals surface area contributed by atoms with Crippen LogP contribution in [0, 0.1) is 0 Å². The van der Waals surface area contributed by atoms with Gasteiger partial charge in [-0.2, -0.15) is 0 Å². The average molecular weight is 423 g/mol. The predicted molar refractivity (Wildman–Crippen MR) is 108 cm³/mol. The number of carboxylic acid groups (broad SMARTS) is 1. The van der Waals surface area contributed by atoms with Crippen molar-refractivity contribution in [2.75, 3.05) is 46.2 Å². The number of rotatable bonds is 16. The van der Waals surface area contributed by atoms with Gasteiger partial charge in [-0.1, -0.05) is 20.8 Å². The topological polar surface area (TPSA) is 101 Å². The van der Waals surface area contributed by atoms with E-state index >= 15 is 0 Å². The highest BCUT2D eigenvalue weighted by Crippen LogP contribution is 2.38. The molecule has 0 aliphatic heterocycles. The van der Waals surface area contributed by atoms with E-state index in [4.69, 9.17) is 28.5 Å². The molecular formula is C19H38O8Si. The van der Waals surface area contributed by atoms with Gasteiger partial charge in [0.15, 0.2) is 8.32 Å². The van der Waals surface area contributed by atoms with Gasteiger partial charge in [-0.3, -0.25) is 9.59 Å². The van der Waals surface area contributed by atoms with Crippen molar-refractivity contribution < 1.29 is 38.1 Å². The van der Waals surface area contributed by atoms with Crippen molar-refractivity contribution in [3.63, 3.8) is 0 Å². The van der Waals surface area contributed by atoms with Crippen LogP contribution in [0.1, 0.15) is 40.5 Å². The van der Waals surface area contributed by atoms with Crippen LogP contribution >= 0.6 is 0 Å². The van der Waals surface area contributed by atoms with Gasteiger partial charge in [0.25, 0.3) is 0 Å². The van der Waals surface area contributed by atoms with Crippen molar-refractivity contribution in [3.05, 3.63) is 0 Å². The second kappa shape index (κ2) is 14.1. The molecule has 0 saturated carbocycles. The summed E-state index contributed by atoms with van der Waals surface area (Å²) in [5.41, 5.74) is 0. The van der Waals surface area contributed by atoms with Crippen LogP contribution in [0.15, 0.2) is 0 Å². The lowest BCUT2D eigenvalue weighted by molar-refractivity contribution is -0.148. The number of hydrogen-bond acceptors (Lipinski definition) is 7. The number of esters is 1. The molecule has 1 N–H and O–H groups in total. The predicted octanol–water partition coefficient (Wildman–Crippen LogP) is 2.85. The van der Waals surface area contributed by atoms with E-state index < -0.39 is 26.4 Å². The van der Waals surface area contributed by atoms with Crippen LogP contribution in [0.2, 0.25) is 18.1 Å². The maximum absolute atomic E-state index is 12.0. The van der Waals surface area contributed by atoms with Crippen molar-refractivity contribution in [1.82, 2.24) is 0 Å². The molecule has 28 heavy (non-hydrogen) atoms. The zero-order chi connectivity index (χ0) is 21.6. The molecule has 9 heteroatoms. The molecule has 1 unspecified atom stereocenters. The lowest BCUT2D eigenvalue weighted by Crippen LogP contribution is -2.45. The van der Waals surface area contributed by atoms with E-state index in [-0.39, 0.29) is 31.1 Å². The number of carbonyl (C=O) groups is 2. The molecule has 0 amide bonds. The molecule has 0 aliphatic carbocycles. The van der Waals surface area contributed by atoms with Crippen molar-refractivity contribution in [2.45, 2.75) is 64.8 Å². The van der Waals surface area contributed by atoms with Gasteiger partial charge in [0.1, 0.15) is 6.61 Å². The van der Waals surface area contributed by atoms with Gasteiger partial charge in [0.05, 0.1) is 52.0 Å². The number of aliphatic carboxylic acids is 1. The minimum atomic E-state index is -2.19. The fourth-order valence-electron chi connectivity index (χ4n) is 1.99. The van der Waals surface area contributed by atoms with Gasteiger partial charge in [0, 0.05) is 6.61 Å². The summed E-state index contributed by atoms with van der Waals surface area (Å²) >= 11 is 0. The number of carbonyl (C=O) groups excluding carboxylic acids is 1. The number of hydrogen-bond donors (Lipinski definition) is 1. The smallest absolute Gasteiger partial charge is 0.308 e. The zero-order valence-electron chi connectivity index (χ0n) is 18.2. The molecular weight excluding hydrogens is 384 g/mol. The van der Waals surface area contributed by atoms with Crippen molar-refractivity contribution >= 4 is 20.3 Å². The Labute approximate surface area is 169 Å². The summed E-state index contributed by atoms with van der Waals surface area (Å²) in [5, 5.41) is 9.03. The first-order chi connectivity index (χ1) is 13.0. The summed E-state index contributed by atoms with van der Waals surface area (Å²) in [6.07, 6.45) is -0.998. The van der Waals surface area contributed by atoms with E-state index in [1.165, 1.54) is 0 Å². The fraction of sp³-hybridized carbons (Fsp3) is 0.895. The highest BCUT2D eigenvalue weighted by atomic mass is 28.4. The molecule has 166 valence electrons. The molecule has 0 heterocycles. The largest absolute Gasteiger partial charge is 0.481 e. The molecule has 1 atom stereocenters. The van der Waals surface area contributed by atoms with Gasteiger partial charge in [-0.05, 0) is 25.1 Å². The average Bonchev–Trinajstić information content (AvgIpc) is 2.54. The third kappa shape index (κ3) is 13.2. The van der Waals surface area contributed by atoms with Crippen LogP contribution in [-0.4, -0.2) is 77.7 Å². The van der Waals surface area contributed by atoms with Crippen LogP contribution in [0.3, 0.4) is 0 Å². The van der Waals surface area contributed by atoms with E-state index in [0.29, 0.717) is 33.0 Å². The molecule has 0 spiro atoms. The fourth-order valence-corrected chi connectivity index (χ4v) is 3.34. The second-order valence-corrected chi connectivity index (χ2v) is 12.7. The normalized spacial score (nSPS) is 13.4. The van der Waals surface area contributed by atoms with E-state index in [2.05, 4.69) is 20.8 Å². The summed E-state index contributed by atoms with van der Waals surface area (Å²) < 4.78 is 27.0. The van der Waals surface area contributed by atoms with Gasteiger partial charge in [-0.25, -0.2) is 0 Å². The third-order valence-electron chi connectivity index (χ3n) is 4.50. The monoisotopic (exact) mass is 422 g/mol. The quantitative estimate of drug-likeness (QED) is 0.230. The summed E-state index contributed by atoms with van der Waals surface area (Å²) in [5.74, 6) is -1.48. The van der Waals surface area contributed by atoms with Crippen LogP contribution in [0.4, 0.5) is 0 Å². The standard InChI is InChI=1S/C19H38O8Si/c1-7-23-8-9-24-10-11-25-12-13-26-18(22)15-16(14-17(20)21)27-28(5,6)19(2,3)4/h16H,7-15H2,1-6H3,(H,20,21). The Kier molecular flexibility index (Phi) is 13.6. The maximum atomic E-state index is 12.0. The maximum Gasteiger partial charge on any atom is 0.308 e. The first-order valence-electron chi connectivity index (χ1n) is 9.78. The van der Waals surface area contributed by atoms with Crippen LogP contribution in [-0.2, 0) is 33.0 Å². The van der Waals surface area contributed by atoms with Crippen LogP contribution in [0.25, 0.3) is 0 Å². The van der Waals surface area contributed by atoms with Gasteiger partial charge in [-0.15, -0.1) is 0 Å². The molecule has 0 aromatic carbocycles. The lowest BCUT2D eigenvalue weighted by atomic mass is 10.2. The van der Waals surface area contributed by atoms with E-state index in [1.54, 1.807) is 0 Å². The molecule has 0 aromatic heterocycles. The van der Waals surface area contributed by atoms with E-state index in [1.807, 2.05) is 20.0 Å². The molecule has 0 fully saturated rings. The molecule has 0 aliphatic rings. The van der Waals surface area contributed by atoms with Crippen molar-refractivity contribution in [3.8, 4) is 0 Å². The summed E-state index contributed by atoms with van der Waals surface area (Å²) in [4.78, 5) is 23.1. The summed E-state index contributed by atoms with van der Waals surface area (Å²) in [7, 11) is -2.19. The van der Waals surface area contributed by atoms with Crippen molar-refractivity contribution in [2.24, 2.45) is 0 Å². The highest BCUT2D eigenvalue weighted by molar-refractivity contribution is 6.74. The second-order valence-electron chi connectivity index (χ2n) is 7.94. The Balaban J connectivity index is 4.11. The molecule has 0 radical (unpaired) electrons. The lowest BCUT2D eigenvalue weighted by Gasteiger charge is -2.38. The molecule has 0 rings (SSSR count). The highest BCUT2D eigenvalue weighted by Gasteiger charge is 2.40. The first kappa shape index (κ1) is 27.0. The van der Waals surface area contributed by atoms with Gasteiger partial charge < -0.3 is 28.5 Å². The summed E-state index contributed by atoms with van der Waals surface area (Å²) in [6.45, 7) is 15.1. The molecule has 0 saturated heterocycles. The summed E-state index contributed by atoms with van der Waals surface area (Å²) in [6, 6.07) is 0. The third-order valence-corrected chi connectivity index (χ3v) is 9.04. The Hall–Kier alpha value is -1.00. The Morgan fingerprint density at radius 2 is 1.39 bits per heavy atom. The Morgan fingerprint density at radius 1 is 0.893 bits per heavy atom. The van der Waals surface area contributed by atoms with E-state index in [0.717, 1.165) is 0 Å². The first-order valence-corrected chi connectivity index (χ1v) is 12.7. The Morgan fingerprint density at radius 3 is 1.86 bits per heavy atom. The van der Waals surface area contributed by atoms with Crippen LogP contribution in [0.5, 0.6) is 0 Å². The SMILES string of the molecule is CCOCCOCCOCCOC(=O)CC(CC(=O)O)O[Si](C)(C)C(C)(C)C. The minimum absolute atomic E-state index is 0.0771. The van der Waals surface area contributed by atoms with Gasteiger partial charge in [0.2, 0.25) is 0 Å². The Bertz CT molecular complexity index is 448. The van der Waals surface area contributed by atoms with Crippen molar-refractivity contribution in [1.29, 1.82) is 0 Å². The molecule has 8 nitrogen and oxygen atoms in total.